The fourth-order valence-corrected chi connectivity index (χ4v) is 4.52. The number of amides is 3. The van der Waals surface area contributed by atoms with Crippen LogP contribution in [-0.4, -0.2) is 47.2 Å². The van der Waals surface area contributed by atoms with E-state index >= 15 is 0 Å². The molecule has 2 rings (SSSR count). The van der Waals surface area contributed by atoms with Gasteiger partial charge in [0.25, 0.3) is 5.91 Å². The molecule has 0 aliphatic carbocycles. The molecule has 9 nitrogen and oxygen atoms in total. The van der Waals surface area contributed by atoms with Gasteiger partial charge in [0.15, 0.2) is 5.78 Å². The van der Waals surface area contributed by atoms with Gasteiger partial charge in [-0.05, 0) is 30.9 Å². The minimum atomic E-state index is -1.19. The van der Waals surface area contributed by atoms with Crippen molar-refractivity contribution in [3.63, 3.8) is 0 Å². The van der Waals surface area contributed by atoms with E-state index in [2.05, 4.69) is 10.6 Å². The van der Waals surface area contributed by atoms with Crippen molar-refractivity contribution < 1.29 is 28.8 Å². The first-order valence-electron chi connectivity index (χ1n) is 14.4. The van der Waals surface area contributed by atoms with Crippen molar-refractivity contribution in [3.05, 3.63) is 71.8 Å². The van der Waals surface area contributed by atoms with Gasteiger partial charge in [0, 0.05) is 25.2 Å². The van der Waals surface area contributed by atoms with Gasteiger partial charge in [-0.1, -0.05) is 94.3 Å². The molecular weight excluding hydrogens is 534 g/mol. The van der Waals surface area contributed by atoms with Crippen molar-refractivity contribution in [2.75, 3.05) is 0 Å². The first kappa shape index (κ1) is 34.1. The molecule has 0 aliphatic rings. The predicted molar refractivity (Wildman–Crippen MR) is 160 cm³/mol. The summed E-state index contributed by atoms with van der Waals surface area (Å²) in [6.45, 7) is 6.41. The second-order valence-corrected chi connectivity index (χ2v) is 11.4. The van der Waals surface area contributed by atoms with E-state index < -0.39 is 52.7 Å². The summed E-state index contributed by atoms with van der Waals surface area (Å²) in [6, 6.07) is 16.3. The van der Waals surface area contributed by atoms with Crippen LogP contribution in [0.5, 0.6) is 0 Å². The largest absolute Gasteiger partial charge is 0.369 e. The summed E-state index contributed by atoms with van der Waals surface area (Å²) in [7, 11) is 0. The number of hydrogen-bond donors (Lipinski definition) is 3. The van der Waals surface area contributed by atoms with Gasteiger partial charge in [-0.25, -0.2) is 0 Å². The van der Waals surface area contributed by atoms with Crippen LogP contribution in [0, 0.1) is 11.3 Å². The second-order valence-electron chi connectivity index (χ2n) is 11.4. The zero-order valence-corrected chi connectivity index (χ0v) is 25.0. The molecule has 3 amide bonds. The number of primary amides is 1. The SMILES string of the molecule is CCCC[C@H](NC(=O)C(=O)C(C)NC(=O)[C@@H](CC(=O)Cc1ccccc1)Cc1ccccc1)C(=O)CC(C)(C)C(N)=O. The Morgan fingerprint density at radius 3 is 1.98 bits per heavy atom. The summed E-state index contributed by atoms with van der Waals surface area (Å²) < 4.78 is 0. The minimum absolute atomic E-state index is 0.0357. The average molecular weight is 578 g/mol. The topological polar surface area (TPSA) is 152 Å². The van der Waals surface area contributed by atoms with Crippen molar-refractivity contribution >= 4 is 35.1 Å². The van der Waals surface area contributed by atoms with Crippen molar-refractivity contribution in [1.29, 1.82) is 0 Å². The Balaban J connectivity index is 2.10. The zero-order valence-electron chi connectivity index (χ0n) is 25.0. The van der Waals surface area contributed by atoms with E-state index in [0.29, 0.717) is 12.8 Å². The number of benzene rings is 2. The Morgan fingerprint density at radius 1 is 0.857 bits per heavy atom. The van der Waals surface area contributed by atoms with Gasteiger partial charge < -0.3 is 16.4 Å². The number of nitrogens with two attached hydrogens (primary N) is 1. The van der Waals surface area contributed by atoms with Crippen LogP contribution >= 0.6 is 0 Å². The van der Waals surface area contributed by atoms with Gasteiger partial charge in [-0.15, -0.1) is 0 Å². The summed E-state index contributed by atoms with van der Waals surface area (Å²) in [6.07, 6.45) is 1.91. The molecule has 0 saturated carbocycles. The van der Waals surface area contributed by atoms with Crippen molar-refractivity contribution in [1.82, 2.24) is 10.6 Å². The van der Waals surface area contributed by atoms with Crippen molar-refractivity contribution in [2.24, 2.45) is 17.1 Å². The maximum atomic E-state index is 13.3. The van der Waals surface area contributed by atoms with E-state index in [1.807, 2.05) is 67.6 Å². The van der Waals surface area contributed by atoms with Crippen molar-refractivity contribution in [3.8, 4) is 0 Å². The third-order valence-electron chi connectivity index (χ3n) is 7.21. The molecule has 0 heterocycles. The molecule has 3 atom stereocenters. The highest BCUT2D eigenvalue weighted by Crippen LogP contribution is 2.22. The number of nitrogens with one attached hydrogen (secondary N) is 2. The number of unbranched alkanes of at least 4 members (excludes halogenated alkanes) is 1. The lowest BCUT2D eigenvalue weighted by molar-refractivity contribution is -0.142. The first-order chi connectivity index (χ1) is 19.8. The quantitative estimate of drug-likeness (QED) is 0.231. The van der Waals surface area contributed by atoms with Crippen LogP contribution in [0.2, 0.25) is 0 Å². The summed E-state index contributed by atoms with van der Waals surface area (Å²) in [5, 5.41) is 5.10. The number of Topliss-reactive ketones (excluding diaryl/α,β-unsaturated/α-hetero) is 3. The maximum absolute atomic E-state index is 13.3. The smallest absolute Gasteiger partial charge is 0.290 e. The Bertz CT molecular complexity index is 1240. The molecule has 0 radical (unpaired) electrons. The number of carbonyl (C=O) groups excluding carboxylic acids is 6. The Labute approximate surface area is 248 Å². The molecule has 42 heavy (non-hydrogen) atoms. The van der Waals surface area contributed by atoms with Gasteiger partial charge in [0.1, 0.15) is 5.78 Å². The Morgan fingerprint density at radius 2 is 1.43 bits per heavy atom. The summed E-state index contributed by atoms with van der Waals surface area (Å²) in [5.74, 6) is -4.35. The van der Waals surface area contributed by atoms with Crippen LogP contribution in [0.4, 0.5) is 0 Å². The van der Waals surface area contributed by atoms with E-state index in [0.717, 1.165) is 17.5 Å². The fraction of sp³-hybridized carbons (Fsp3) is 0.455. The lowest BCUT2D eigenvalue weighted by Crippen LogP contribution is -2.52. The van der Waals surface area contributed by atoms with E-state index in [1.165, 1.54) is 6.92 Å². The molecule has 0 saturated heterocycles. The molecule has 2 aromatic carbocycles. The van der Waals surface area contributed by atoms with E-state index in [-0.39, 0.29) is 31.5 Å². The third kappa shape index (κ3) is 11.0. The average Bonchev–Trinajstić information content (AvgIpc) is 2.94. The van der Waals surface area contributed by atoms with Gasteiger partial charge in [0.2, 0.25) is 17.6 Å². The van der Waals surface area contributed by atoms with Gasteiger partial charge >= 0.3 is 0 Å². The minimum Gasteiger partial charge on any atom is -0.369 e. The molecule has 0 aliphatic heterocycles. The number of hydrogen-bond acceptors (Lipinski definition) is 6. The second kappa shape index (κ2) is 16.3. The van der Waals surface area contributed by atoms with Crippen LogP contribution in [0.25, 0.3) is 0 Å². The highest BCUT2D eigenvalue weighted by atomic mass is 16.2. The highest BCUT2D eigenvalue weighted by Gasteiger charge is 2.34. The molecule has 0 bridgehead atoms. The van der Waals surface area contributed by atoms with Crippen molar-refractivity contribution in [2.45, 2.75) is 84.7 Å². The van der Waals surface area contributed by atoms with E-state index in [9.17, 15) is 28.8 Å². The van der Waals surface area contributed by atoms with Crippen LogP contribution < -0.4 is 16.4 Å². The Hall–Kier alpha value is -4.14. The van der Waals surface area contributed by atoms with Gasteiger partial charge in [-0.3, -0.25) is 28.8 Å². The molecule has 4 N–H and O–H groups in total. The van der Waals surface area contributed by atoms with Crippen LogP contribution in [0.15, 0.2) is 60.7 Å². The third-order valence-corrected chi connectivity index (χ3v) is 7.21. The molecular formula is C33H43N3O6. The number of rotatable bonds is 18. The van der Waals surface area contributed by atoms with Crippen LogP contribution in [0.3, 0.4) is 0 Å². The molecule has 0 spiro atoms. The monoisotopic (exact) mass is 577 g/mol. The normalized spacial score (nSPS) is 13.3. The molecule has 1 unspecified atom stereocenters. The maximum Gasteiger partial charge on any atom is 0.290 e. The molecule has 226 valence electrons. The number of ketones is 3. The fourth-order valence-electron chi connectivity index (χ4n) is 4.52. The summed E-state index contributed by atoms with van der Waals surface area (Å²) in [5.41, 5.74) is 5.99. The van der Waals surface area contributed by atoms with Crippen LogP contribution in [0.1, 0.15) is 70.9 Å². The molecule has 9 heteroatoms. The Kier molecular flexibility index (Phi) is 13.3. The summed E-state index contributed by atoms with van der Waals surface area (Å²) in [4.78, 5) is 76.7. The standard InChI is InChI=1S/C33H43N3O6/c1-5-6-17-27(28(38)21-33(3,4)32(34)42)36-31(41)29(39)22(2)35-30(40)25(18-23-13-9-7-10-14-23)20-26(37)19-24-15-11-8-12-16-24/h7-16,22,25,27H,5-6,17-21H2,1-4H3,(H2,34,42)(H,35,40)(H,36,41)/t22?,25-,27+/m1/s1. The van der Waals surface area contributed by atoms with Gasteiger partial charge in [0.05, 0.1) is 17.5 Å². The lowest BCUT2D eigenvalue weighted by Gasteiger charge is -2.24. The lowest BCUT2D eigenvalue weighted by atomic mass is 9.84. The zero-order chi connectivity index (χ0) is 31.3. The molecule has 0 aromatic heterocycles. The van der Waals surface area contributed by atoms with Crippen LogP contribution in [-0.2, 0) is 41.6 Å². The first-order valence-corrected chi connectivity index (χ1v) is 14.4. The molecule has 0 fully saturated rings. The van der Waals surface area contributed by atoms with Gasteiger partial charge in [-0.2, -0.15) is 0 Å². The molecule has 2 aromatic rings. The van der Waals surface area contributed by atoms with E-state index in [4.69, 9.17) is 5.73 Å². The number of carbonyl (C=O) groups is 6. The highest BCUT2D eigenvalue weighted by molar-refractivity contribution is 6.38. The predicted octanol–water partition coefficient (Wildman–Crippen LogP) is 3.27. The summed E-state index contributed by atoms with van der Waals surface area (Å²) >= 11 is 0. The van der Waals surface area contributed by atoms with E-state index in [1.54, 1.807) is 13.8 Å².